The second-order valence-electron chi connectivity index (χ2n) is 6.22. The van der Waals surface area contributed by atoms with Crippen molar-refractivity contribution in [2.45, 2.75) is 19.1 Å². The first-order valence-corrected chi connectivity index (χ1v) is 8.89. The van der Waals surface area contributed by atoms with E-state index in [1.54, 1.807) is 24.7 Å². The molecule has 27 heavy (non-hydrogen) atoms. The van der Waals surface area contributed by atoms with Crippen molar-refractivity contribution in [3.8, 4) is 5.69 Å². The predicted molar refractivity (Wildman–Crippen MR) is 103 cm³/mol. The van der Waals surface area contributed by atoms with E-state index in [9.17, 15) is 9.90 Å². The van der Waals surface area contributed by atoms with Gasteiger partial charge in [0.15, 0.2) is 0 Å². The third-order valence-corrected chi connectivity index (χ3v) is 4.12. The number of aliphatic hydroxyl groups excluding tert-OH is 1. The molecule has 0 unspecified atom stereocenters. The zero-order valence-electron chi connectivity index (χ0n) is 15.0. The van der Waals surface area contributed by atoms with E-state index in [1.807, 2.05) is 53.2 Å². The average molecular weight is 365 g/mol. The Morgan fingerprint density at radius 1 is 1.15 bits per heavy atom. The van der Waals surface area contributed by atoms with Crippen LogP contribution in [0.4, 0.5) is 0 Å². The molecule has 0 saturated carbocycles. The van der Waals surface area contributed by atoms with Crippen LogP contribution in [0.25, 0.3) is 5.69 Å². The average Bonchev–Trinajstić information content (AvgIpc) is 3.24. The monoisotopic (exact) mass is 365 g/mol. The van der Waals surface area contributed by atoms with Crippen molar-refractivity contribution in [3.63, 3.8) is 0 Å². The number of rotatable bonds is 9. The highest BCUT2D eigenvalue weighted by atomic mass is 16.5. The number of benzene rings is 2. The number of nitrogens with zero attached hydrogens (tertiary/aromatic N) is 2. The SMILES string of the molecule is O=C(NCC[C@H](O)COCc1ccccc1)c1ccc(-n2ccnc2)cc1. The fourth-order valence-corrected chi connectivity index (χ4v) is 2.62. The van der Waals surface area contributed by atoms with Gasteiger partial charge in [0, 0.05) is 30.2 Å². The maximum atomic E-state index is 12.2. The number of imidazole rings is 1. The van der Waals surface area contributed by atoms with Gasteiger partial charge in [-0.15, -0.1) is 0 Å². The van der Waals surface area contributed by atoms with E-state index in [2.05, 4.69) is 10.3 Å². The molecule has 140 valence electrons. The van der Waals surface area contributed by atoms with Gasteiger partial charge in [-0.3, -0.25) is 4.79 Å². The number of ether oxygens (including phenoxy) is 1. The number of aliphatic hydroxyl groups is 1. The molecule has 1 aromatic heterocycles. The normalized spacial score (nSPS) is 11.9. The van der Waals surface area contributed by atoms with Gasteiger partial charge in [-0.05, 0) is 36.2 Å². The third kappa shape index (κ3) is 5.77. The first-order valence-electron chi connectivity index (χ1n) is 8.89. The quantitative estimate of drug-likeness (QED) is 0.611. The number of carbonyl (C=O) groups excluding carboxylic acids is 1. The van der Waals surface area contributed by atoms with Crippen molar-refractivity contribution >= 4 is 5.91 Å². The van der Waals surface area contributed by atoms with Crippen LogP contribution in [0.2, 0.25) is 0 Å². The van der Waals surface area contributed by atoms with Crippen molar-refractivity contribution in [3.05, 3.63) is 84.4 Å². The van der Waals surface area contributed by atoms with Gasteiger partial charge in [-0.2, -0.15) is 0 Å². The number of hydrogen-bond donors (Lipinski definition) is 2. The summed E-state index contributed by atoms with van der Waals surface area (Å²) in [4.78, 5) is 16.2. The minimum atomic E-state index is -0.613. The standard InChI is InChI=1S/C21H23N3O3/c25-20(15-27-14-17-4-2-1-3-5-17)10-11-23-21(26)18-6-8-19(9-7-18)24-13-12-22-16-24/h1-9,12-13,16,20,25H,10-11,14-15H2,(H,23,26)/t20-/m0/s1. The Morgan fingerprint density at radius 2 is 1.93 bits per heavy atom. The number of carbonyl (C=O) groups is 1. The Balaban J connectivity index is 1.36. The molecule has 0 aliphatic heterocycles. The van der Waals surface area contributed by atoms with E-state index in [1.165, 1.54) is 0 Å². The maximum absolute atomic E-state index is 12.2. The smallest absolute Gasteiger partial charge is 0.251 e. The molecule has 0 saturated heterocycles. The second-order valence-corrected chi connectivity index (χ2v) is 6.22. The van der Waals surface area contributed by atoms with Gasteiger partial charge in [-0.1, -0.05) is 30.3 Å². The van der Waals surface area contributed by atoms with Crippen molar-refractivity contribution in [2.24, 2.45) is 0 Å². The second kappa shape index (κ2) is 9.66. The molecule has 1 atom stereocenters. The Bertz CT molecular complexity index is 818. The summed E-state index contributed by atoms with van der Waals surface area (Å²) in [5.74, 6) is -0.162. The molecule has 0 bridgehead atoms. The first-order chi connectivity index (χ1) is 13.2. The number of nitrogens with one attached hydrogen (secondary N) is 1. The van der Waals surface area contributed by atoms with Gasteiger partial charge in [0.2, 0.25) is 0 Å². The summed E-state index contributed by atoms with van der Waals surface area (Å²) < 4.78 is 7.37. The van der Waals surface area contributed by atoms with Gasteiger partial charge in [0.1, 0.15) is 0 Å². The zero-order valence-corrected chi connectivity index (χ0v) is 15.0. The summed E-state index contributed by atoms with van der Waals surface area (Å²) >= 11 is 0. The highest BCUT2D eigenvalue weighted by Crippen LogP contribution is 2.09. The van der Waals surface area contributed by atoms with E-state index in [0.717, 1.165) is 11.3 Å². The van der Waals surface area contributed by atoms with Crippen LogP contribution >= 0.6 is 0 Å². The molecule has 0 aliphatic carbocycles. The molecule has 2 N–H and O–H groups in total. The van der Waals surface area contributed by atoms with Gasteiger partial charge in [0.05, 0.1) is 25.6 Å². The minimum absolute atomic E-state index is 0.162. The van der Waals surface area contributed by atoms with Crippen molar-refractivity contribution in [2.75, 3.05) is 13.2 Å². The van der Waals surface area contributed by atoms with Crippen LogP contribution in [0.5, 0.6) is 0 Å². The van der Waals surface area contributed by atoms with E-state index in [-0.39, 0.29) is 12.5 Å². The number of amides is 1. The van der Waals surface area contributed by atoms with Gasteiger partial charge >= 0.3 is 0 Å². The highest BCUT2D eigenvalue weighted by molar-refractivity contribution is 5.94. The molecule has 3 rings (SSSR count). The van der Waals surface area contributed by atoms with Gasteiger partial charge in [-0.25, -0.2) is 4.98 Å². The van der Waals surface area contributed by atoms with Crippen LogP contribution in [0.15, 0.2) is 73.3 Å². The van der Waals surface area contributed by atoms with Crippen molar-refractivity contribution < 1.29 is 14.6 Å². The summed E-state index contributed by atoms with van der Waals surface area (Å²) in [6, 6.07) is 17.1. The molecule has 0 fully saturated rings. The topological polar surface area (TPSA) is 76.4 Å². The van der Waals surface area contributed by atoms with Crippen LogP contribution in [0, 0.1) is 0 Å². The number of aromatic nitrogens is 2. The molecular formula is C21H23N3O3. The Kier molecular flexibility index (Phi) is 6.73. The molecule has 0 radical (unpaired) electrons. The van der Waals surface area contributed by atoms with E-state index < -0.39 is 6.10 Å². The largest absolute Gasteiger partial charge is 0.391 e. The molecule has 0 aliphatic rings. The third-order valence-electron chi connectivity index (χ3n) is 4.12. The summed E-state index contributed by atoms with van der Waals surface area (Å²) in [5, 5.41) is 12.8. The van der Waals surface area contributed by atoms with Crippen molar-refractivity contribution in [1.82, 2.24) is 14.9 Å². The lowest BCUT2D eigenvalue weighted by Gasteiger charge is -2.12. The molecule has 2 aromatic carbocycles. The van der Waals surface area contributed by atoms with Crippen LogP contribution in [0.1, 0.15) is 22.3 Å². The van der Waals surface area contributed by atoms with Crippen LogP contribution in [0.3, 0.4) is 0 Å². The molecule has 0 spiro atoms. The predicted octanol–water partition coefficient (Wildman–Crippen LogP) is 2.57. The Hall–Kier alpha value is -2.96. The Labute approximate surface area is 158 Å². The Morgan fingerprint density at radius 3 is 2.63 bits per heavy atom. The molecule has 1 amide bonds. The zero-order chi connectivity index (χ0) is 18.9. The molecule has 3 aromatic rings. The molecule has 6 nitrogen and oxygen atoms in total. The fourth-order valence-electron chi connectivity index (χ4n) is 2.62. The lowest BCUT2D eigenvalue weighted by Crippen LogP contribution is -2.28. The summed E-state index contributed by atoms with van der Waals surface area (Å²) in [5.41, 5.74) is 2.58. The van der Waals surface area contributed by atoms with Crippen LogP contribution in [-0.4, -0.2) is 39.8 Å². The number of hydrogen-bond acceptors (Lipinski definition) is 4. The van der Waals surface area contributed by atoms with E-state index in [0.29, 0.717) is 25.1 Å². The molecule has 1 heterocycles. The lowest BCUT2D eigenvalue weighted by atomic mass is 10.2. The van der Waals surface area contributed by atoms with E-state index in [4.69, 9.17) is 4.74 Å². The highest BCUT2D eigenvalue weighted by Gasteiger charge is 2.08. The maximum Gasteiger partial charge on any atom is 0.251 e. The lowest BCUT2D eigenvalue weighted by molar-refractivity contribution is 0.0247. The van der Waals surface area contributed by atoms with Crippen LogP contribution in [-0.2, 0) is 11.3 Å². The minimum Gasteiger partial charge on any atom is -0.391 e. The first kappa shape index (κ1) is 18.8. The van der Waals surface area contributed by atoms with Crippen LogP contribution < -0.4 is 5.32 Å². The summed E-state index contributed by atoms with van der Waals surface area (Å²) in [6.07, 6.45) is 5.08. The summed E-state index contributed by atoms with van der Waals surface area (Å²) in [6.45, 7) is 1.09. The van der Waals surface area contributed by atoms with Gasteiger partial charge < -0.3 is 19.7 Å². The summed E-state index contributed by atoms with van der Waals surface area (Å²) in [7, 11) is 0. The molecule has 6 heteroatoms. The fraction of sp³-hybridized carbons (Fsp3) is 0.238. The van der Waals surface area contributed by atoms with E-state index >= 15 is 0 Å². The van der Waals surface area contributed by atoms with Gasteiger partial charge in [0.25, 0.3) is 5.91 Å². The van der Waals surface area contributed by atoms with Crippen molar-refractivity contribution in [1.29, 1.82) is 0 Å². The molecular weight excluding hydrogens is 342 g/mol.